The van der Waals surface area contributed by atoms with E-state index >= 15 is 0 Å². The van der Waals surface area contributed by atoms with Gasteiger partial charge < -0.3 is 10.1 Å². The fourth-order valence-corrected chi connectivity index (χ4v) is 2.00. The Kier molecular flexibility index (Phi) is 3.25. The third-order valence-corrected chi connectivity index (χ3v) is 3.10. The molecule has 0 aromatic carbocycles. The van der Waals surface area contributed by atoms with Crippen molar-refractivity contribution in [3.05, 3.63) is 0 Å². The zero-order valence-corrected chi connectivity index (χ0v) is 10.1. The van der Waals surface area contributed by atoms with Gasteiger partial charge in [0.05, 0.1) is 6.61 Å². The Morgan fingerprint density at radius 3 is 2.88 bits per heavy atom. The van der Waals surface area contributed by atoms with Gasteiger partial charge >= 0.3 is 0 Å². The summed E-state index contributed by atoms with van der Waals surface area (Å²) in [6, 6.07) is 0.231. The summed E-state index contributed by atoms with van der Waals surface area (Å²) in [4.78, 5) is 18.0. The molecule has 0 bridgehead atoms. The monoisotopic (exact) mass is 225 g/mol. The van der Waals surface area contributed by atoms with Gasteiger partial charge in [0.15, 0.2) is 0 Å². The Labute approximate surface area is 95.9 Å². The maximum atomic E-state index is 11.3. The number of amides is 1. The Morgan fingerprint density at radius 2 is 2.31 bits per heavy atom. The molecule has 0 saturated carbocycles. The predicted molar refractivity (Wildman–Crippen MR) is 61.5 cm³/mol. The number of carbonyl (C=O) groups excluding carboxylic acids is 1. The van der Waals surface area contributed by atoms with Gasteiger partial charge in [-0.2, -0.15) is 0 Å². The fraction of sp³-hybridized carbons (Fsp3) is 0.818. The lowest BCUT2D eigenvalue weighted by Crippen LogP contribution is -2.51. The van der Waals surface area contributed by atoms with E-state index in [1.165, 1.54) is 0 Å². The van der Waals surface area contributed by atoms with Crippen LogP contribution in [0.5, 0.6) is 0 Å². The SMILES string of the molecule is CC1N=C(C2CN(C(C)C)CCO2)NC1=O. The first-order valence-corrected chi connectivity index (χ1v) is 5.82. The highest BCUT2D eigenvalue weighted by Gasteiger charge is 2.32. The predicted octanol–water partition coefficient (Wildman–Crippen LogP) is 0.0124. The Hall–Kier alpha value is -0.940. The highest BCUT2D eigenvalue weighted by atomic mass is 16.5. The molecule has 0 aromatic rings. The molecule has 1 fully saturated rings. The van der Waals surface area contributed by atoms with Crippen LogP contribution in [0.25, 0.3) is 0 Å². The molecule has 0 aromatic heterocycles. The first kappa shape index (κ1) is 11.5. The van der Waals surface area contributed by atoms with E-state index in [0.29, 0.717) is 18.5 Å². The van der Waals surface area contributed by atoms with Crippen molar-refractivity contribution in [3.63, 3.8) is 0 Å². The molecule has 1 N–H and O–H groups in total. The summed E-state index contributed by atoms with van der Waals surface area (Å²) in [6.45, 7) is 8.59. The summed E-state index contributed by atoms with van der Waals surface area (Å²) in [6.07, 6.45) is -0.0787. The molecule has 2 rings (SSSR count). The van der Waals surface area contributed by atoms with Crippen LogP contribution in [-0.4, -0.2) is 54.5 Å². The van der Waals surface area contributed by atoms with Crippen LogP contribution in [0.1, 0.15) is 20.8 Å². The minimum atomic E-state index is -0.270. The van der Waals surface area contributed by atoms with E-state index in [4.69, 9.17) is 4.74 Å². The highest BCUT2D eigenvalue weighted by molar-refractivity contribution is 6.07. The number of ether oxygens (including phenoxy) is 1. The summed E-state index contributed by atoms with van der Waals surface area (Å²) in [5, 5.41) is 2.79. The van der Waals surface area contributed by atoms with Gasteiger partial charge in [-0.3, -0.25) is 14.7 Å². The van der Waals surface area contributed by atoms with Crippen molar-refractivity contribution >= 4 is 11.7 Å². The lowest BCUT2D eigenvalue weighted by Gasteiger charge is -2.35. The van der Waals surface area contributed by atoms with Gasteiger partial charge in [0.25, 0.3) is 0 Å². The number of amidine groups is 1. The molecule has 2 unspecified atom stereocenters. The molecule has 5 heteroatoms. The van der Waals surface area contributed by atoms with Gasteiger partial charge in [-0.05, 0) is 20.8 Å². The molecule has 2 aliphatic heterocycles. The molecular weight excluding hydrogens is 206 g/mol. The van der Waals surface area contributed by atoms with Gasteiger partial charge in [-0.25, -0.2) is 0 Å². The molecule has 1 amide bonds. The minimum absolute atomic E-state index is 0.0275. The van der Waals surface area contributed by atoms with Crippen molar-refractivity contribution in [2.75, 3.05) is 19.7 Å². The molecular formula is C11H19N3O2. The van der Waals surface area contributed by atoms with Crippen LogP contribution < -0.4 is 5.32 Å². The number of carbonyl (C=O) groups is 1. The molecule has 0 spiro atoms. The summed E-state index contributed by atoms with van der Waals surface area (Å²) in [5.41, 5.74) is 0. The fourth-order valence-electron chi connectivity index (χ4n) is 2.00. The maximum absolute atomic E-state index is 11.3. The van der Waals surface area contributed by atoms with Gasteiger partial charge in [0.1, 0.15) is 18.0 Å². The molecule has 0 radical (unpaired) electrons. The molecule has 2 aliphatic rings. The number of nitrogens with zero attached hydrogens (tertiary/aromatic N) is 2. The van der Waals surface area contributed by atoms with Crippen LogP contribution in [0, 0.1) is 0 Å². The topological polar surface area (TPSA) is 53.9 Å². The number of nitrogens with one attached hydrogen (secondary N) is 1. The average molecular weight is 225 g/mol. The Bertz CT molecular complexity index is 314. The van der Waals surface area contributed by atoms with Crippen LogP contribution in [0.3, 0.4) is 0 Å². The zero-order chi connectivity index (χ0) is 11.7. The van der Waals surface area contributed by atoms with Gasteiger partial charge in [0, 0.05) is 19.1 Å². The molecule has 90 valence electrons. The molecule has 2 heterocycles. The molecule has 5 nitrogen and oxygen atoms in total. The van der Waals surface area contributed by atoms with Crippen LogP contribution in [-0.2, 0) is 9.53 Å². The summed E-state index contributed by atoms with van der Waals surface area (Å²) >= 11 is 0. The van der Waals surface area contributed by atoms with E-state index in [1.807, 2.05) is 0 Å². The number of aliphatic imine (C=N–C) groups is 1. The number of hydrogen-bond acceptors (Lipinski definition) is 4. The van der Waals surface area contributed by atoms with Crippen molar-refractivity contribution < 1.29 is 9.53 Å². The first-order chi connectivity index (χ1) is 7.58. The van der Waals surface area contributed by atoms with E-state index in [2.05, 4.69) is 29.1 Å². The highest BCUT2D eigenvalue weighted by Crippen LogP contribution is 2.12. The van der Waals surface area contributed by atoms with Gasteiger partial charge in [0.2, 0.25) is 5.91 Å². The lowest BCUT2D eigenvalue weighted by atomic mass is 10.2. The van der Waals surface area contributed by atoms with Crippen LogP contribution in [0.2, 0.25) is 0 Å². The van der Waals surface area contributed by atoms with Crippen LogP contribution in [0.15, 0.2) is 4.99 Å². The van der Waals surface area contributed by atoms with Crippen molar-refractivity contribution in [1.82, 2.24) is 10.2 Å². The van der Waals surface area contributed by atoms with Crippen molar-refractivity contribution in [3.8, 4) is 0 Å². The number of rotatable bonds is 2. The Balaban J connectivity index is 2.00. The third kappa shape index (κ3) is 2.25. The quantitative estimate of drug-likeness (QED) is 0.720. The lowest BCUT2D eigenvalue weighted by molar-refractivity contribution is -0.119. The van der Waals surface area contributed by atoms with E-state index in [-0.39, 0.29) is 18.1 Å². The largest absolute Gasteiger partial charge is 0.368 e. The summed E-state index contributed by atoms with van der Waals surface area (Å²) in [5.74, 6) is 0.670. The third-order valence-electron chi connectivity index (χ3n) is 3.10. The zero-order valence-electron chi connectivity index (χ0n) is 10.1. The molecule has 1 saturated heterocycles. The molecule has 16 heavy (non-hydrogen) atoms. The van der Waals surface area contributed by atoms with Crippen LogP contribution in [0.4, 0.5) is 0 Å². The second-order valence-electron chi connectivity index (χ2n) is 4.63. The standard InChI is InChI=1S/C11H19N3O2/c1-7(2)14-4-5-16-9(6-14)10-12-8(3)11(15)13-10/h7-9H,4-6H2,1-3H3,(H,12,13,15). The van der Waals surface area contributed by atoms with E-state index in [0.717, 1.165) is 13.1 Å². The number of hydrogen-bond donors (Lipinski definition) is 1. The van der Waals surface area contributed by atoms with E-state index < -0.39 is 0 Å². The van der Waals surface area contributed by atoms with Gasteiger partial charge in [-0.1, -0.05) is 0 Å². The molecule has 0 aliphatic carbocycles. The molecule has 2 atom stereocenters. The normalized spacial score (nSPS) is 31.8. The van der Waals surface area contributed by atoms with Gasteiger partial charge in [-0.15, -0.1) is 0 Å². The second kappa shape index (κ2) is 4.51. The second-order valence-corrected chi connectivity index (χ2v) is 4.63. The van der Waals surface area contributed by atoms with Crippen molar-refractivity contribution in [2.24, 2.45) is 4.99 Å². The van der Waals surface area contributed by atoms with E-state index in [1.54, 1.807) is 6.92 Å². The van der Waals surface area contributed by atoms with E-state index in [9.17, 15) is 4.79 Å². The Morgan fingerprint density at radius 1 is 1.56 bits per heavy atom. The van der Waals surface area contributed by atoms with Crippen molar-refractivity contribution in [2.45, 2.75) is 39.0 Å². The maximum Gasteiger partial charge on any atom is 0.249 e. The first-order valence-electron chi connectivity index (χ1n) is 5.82. The van der Waals surface area contributed by atoms with Crippen LogP contribution >= 0.6 is 0 Å². The number of morpholine rings is 1. The smallest absolute Gasteiger partial charge is 0.249 e. The van der Waals surface area contributed by atoms with Crippen molar-refractivity contribution in [1.29, 1.82) is 0 Å². The summed E-state index contributed by atoms with van der Waals surface area (Å²) < 4.78 is 5.65. The average Bonchev–Trinajstić information content (AvgIpc) is 2.59. The summed E-state index contributed by atoms with van der Waals surface area (Å²) in [7, 11) is 0. The minimum Gasteiger partial charge on any atom is -0.368 e.